The van der Waals surface area contributed by atoms with Gasteiger partial charge >= 0.3 is 5.69 Å². The van der Waals surface area contributed by atoms with Crippen molar-refractivity contribution in [1.82, 2.24) is 29.4 Å². The highest BCUT2D eigenvalue weighted by molar-refractivity contribution is 5.49. The Hall–Kier alpha value is -2.84. The highest BCUT2D eigenvalue weighted by Crippen LogP contribution is 2.12. The first-order chi connectivity index (χ1) is 9.15. The van der Waals surface area contributed by atoms with Crippen LogP contribution in [0.25, 0.3) is 5.65 Å². The number of nitrogens with zero attached hydrogens (tertiary/aromatic N) is 5. The number of hydrogen-bond donors (Lipinski definition) is 3. The fourth-order valence-electron chi connectivity index (χ4n) is 1.72. The van der Waals surface area contributed by atoms with Crippen LogP contribution in [0, 0.1) is 0 Å². The summed E-state index contributed by atoms with van der Waals surface area (Å²) in [5, 5.41) is 13.4. The van der Waals surface area contributed by atoms with E-state index in [0.717, 1.165) is 5.56 Å². The maximum Gasteiger partial charge on any atom is 0.348 e. The van der Waals surface area contributed by atoms with E-state index >= 15 is 0 Å². The van der Waals surface area contributed by atoms with Crippen molar-refractivity contribution in [2.75, 3.05) is 11.1 Å². The molecule has 0 radical (unpaired) electrons. The zero-order valence-electron chi connectivity index (χ0n) is 10.2. The molecular weight excluding hydrogens is 248 g/mol. The highest BCUT2D eigenvalue weighted by atomic mass is 16.1. The third-order valence-electron chi connectivity index (χ3n) is 2.83. The molecule has 9 heteroatoms. The van der Waals surface area contributed by atoms with Gasteiger partial charge in [-0.2, -0.15) is 10.2 Å². The third kappa shape index (κ3) is 1.90. The molecule has 0 aromatic carbocycles. The molecule has 0 spiro atoms. The molecule has 3 aromatic rings. The summed E-state index contributed by atoms with van der Waals surface area (Å²) in [4.78, 5) is 15.4. The zero-order valence-corrected chi connectivity index (χ0v) is 10.2. The minimum absolute atomic E-state index is 0.314. The molecule has 0 saturated carbocycles. The van der Waals surface area contributed by atoms with E-state index in [1.54, 1.807) is 24.0 Å². The van der Waals surface area contributed by atoms with E-state index in [9.17, 15) is 4.79 Å². The van der Waals surface area contributed by atoms with Crippen LogP contribution in [0.3, 0.4) is 0 Å². The first-order valence-corrected chi connectivity index (χ1v) is 5.58. The lowest BCUT2D eigenvalue weighted by Gasteiger charge is -2.04. The molecule has 3 aromatic heterocycles. The van der Waals surface area contributed by atoms with Crippen LogP contribution in [-0.2, 0) is 13.6 Å². The van der Waals surface area contributed by atoms with Crippen LogP contribution in [0.5, 0.6) is 0 Å². The number of nitrogens with one attached hydrogen (secondary N) is 2. The zero-order chi connectivity index (χ0) is 13.4. The van der Waals surface area contributed by atoms with Crippen molar-refractivity contribution in [2.45, 2.75) is 6.54 Å². The van der Waals surface area contributed by atoms with Crippen LogP contribution in [-0.4, -0.2) is 29.4 Å². The Balaban J connectivity index is 1.82. The SMILES string of the molecule is Cn1ncc(CNc2cc3n[nH]c(=O)n3cn2)c1N. The standard InChI is InChI=1S/C10H12N8O/c1-17-9(11)6(4-14-17)3-12-7-2-8-15-16-10(19)18(8)5-13-7/h2,4-5,12H,3,11H2,1H3,(H,16,19). The Morgan fingerprint density at radius 2 is 2.37 bits per heavy atom. The fraction of sp³-hybridized carbons (Fsp3) is 0.200. The van der Waals surface area contributed by atoms with Crippen molar-refractivity contribution in [1.29, 1.82) is 0 Å². The highest BCUT2D eigenvalue weighted by Gasteiger charge is 2.06. The molecule has 0 fully saturated rings. The number of rotatable bonds is 3. The molecular formula is C10H12N8O. The van der Waals surface area contributed by atoms with E-state index in [2.05, 4.69) is 25.6 Å². The van der Waals surface area contributed by atoms with Crippen molar-refractivity contribution in [3.05, 3.63) is 34.6 Å². The smallest absolute Gasteiger partial charge is 0.348 e. The second-order valence-electron chi connectivity index (χ2n) is 4.06. The van der Waals surface area contributed by atoms with E-state index in [4.69, 9.17) is 5.73 Å². The van der Waals surface area contributed by atoms with Gasteiger partial charge in [-0.1, -0.05) is 0 Å². The molecule has 3 heterocycles. The van der Waals surface area contributed by atoms with Gasteiger partial charge in [0.15, 0.2) is 5.65 Å². The van der Waals surface area contributed by atoms with Crippen LogP contribution < -0.4 is 16.7 Å². The van der Waals surface area contributed by atoms with Gasteiger partial charge in [-0.05, 0) is 0 Å². The number of fused-ring (bicyclic) bond motifs is 1. The Labute approximate surface area is 107 Å². The summed E-state index contributed by atoms with van der Waals surface area (Å²) < 4.78 is 2.92. The van der Waals surface area contributed by atoms with Gasteiger partial charge in [-0.15, -0.1) is 0 Å². The number of aryl methyl sites for hydroxylation is 1. The monoisotopic (exact) mass is 260 g/mol. The first kappa shape index (κ1) is 11.3. The van der Waals surface area contributed by atoms with E-state index in [-0.39, 0.29) is 5.69 Å². The van der Waals surface area contributed by atoms with Gasteiger partial charge in [0.05, 0.1) is 6.20 Å². The largest absolute Gasteiger partial charge is 0.384 e. The first-order valence-electron chi connectivity index (χ1n) is 5.58. The van der Waals surface area contributed by atoms with E-state index in [1.165, 1.54) is 10.7 Å². The number of aromatic nitrogens is 6. The maximum absolute atomic E-state index is 11.3. The molecule has 0 atom stereocenters. The average Bonchev–Trinajstić information content (AvgIpc) is 2.93. The Bertz CT molecular complexity index is 782. The molecule has 19 heavy (non-hydrogen) atoms. The lowest BCUT2D eigenvalue weighted by Crippen LogP contribution is -2.10. The molecule has 0 bridgehead atoms. The van der Waals surface area contributed by atoms with Crippen molar-refractivity contribution in [2.24, 2.45) is 7.05 Å². The lowest BCUT2D eigenvalue weighted by atomic mass is 10.3. The van der Waals surface area contributed by atoms with Crippen molar-refractivity contribution in [3.63, 3.8) is 0 Å². The predicted octanol–water partition coefficient (Wildman–Crippen LogP) is -0.655. The topological polar surface area (TPSA) is 119 Å². The number of nitrogen functional groups attached to an aromatic ring is 1. The molecule has 98 valence electrons. The van der Waals surface area contributed by atoms with Crippen molar-refractivity contribution in [3.8, 4) is 0 Å². The summed E-state index contributed by atoms with van der Waals surface area (Å²) in [5.41, 5.74) is 6.90. The van der Waals surface area contributed by atoms with Gasteiger partial charge in [0, 0.05) is 25.2 Å². The van der Waals surface area contributed by atoms with Crippen LogP contribution in [0.15, 0.2) is 23.4 Å². The second-order valence-corrected chi connectivity index (χ2v) is 4.06. The molecule has 0 aliphatic carbocycles. The van der Waals surface area contributed by atoms with Gasteiger partial charge in [-0.3, -0.25) is 4.68 Å². The van der Waals surface area contributed by atoms with E-state index in [1.807, 2.05) is 0 Å². The number of H-pyrrole nitrogens is 1. The van der Waals surface area contributed by atoms with Gasteiger partial charge in [0.2, 0.25) is 0 Å². The van der Waals surface area contributed by atoms with Crippen LogP contribution in [0.1, 0.15) is 5.56 Å². The number of nitrogens with two attached hydrogens (primary N) is 1. The van der Waals surface area contributed by atoms with Crippen molar-refractivity contribution >= 4 is 17.3 Å². The number of aromatic amines is 1. The van der Waals surface area contributed by atoms with Gasteiger partial charge < -0.3 is 11.1 Å². The Morgan fingerprint density at radius 3 is 3.11 bits per heavy atom. The summed E-state index contributed by atoms with van der Waals surface area (Å²) in [7, 11) is 1.78. The third-order valence-corrected chi connectivity index (χ3v) is 2.83. The molecule has 0 amide bonds. The van der Waals surface area contributed by atoms with Crippen LogP contribution in [0.4, 0.5) is 11.6 Å². The molecule has 0 aliphatic heterocycles. The number of hydrogen-bond acceptors (Lipinski definition) is 6. The van der Waals surface area contributed by atoms with Crippen molar-refractivity contribution < 1.29 is 0 Å². The van der Waals surface area contributed by atoms with Crippen LogP contribution in [0.2, 0.25) is 0 Å². The summed E-state index contributed by atoms with van der Waals surface area (Å²) >= 11 is 0. The van der Waals surface area contributed by atoms with E-state index in [0.29, 0.717) is 23.8 Å². The van der Waals surface area contributed by atoms with Gasteiger partial charge in [0.1, 0.15) is 18.0 Å². The summed E-state index contributed by atoms with van der Waals surface area (Å²) in [6.07, 6.45) is 3.11. The molecule has 3 rings (SSSR count). The van der Waals surface area contributed by atoms with Gasteiger partial charge in [0.25, 0.3) is 0 Å². The summed E-state index contributed by atoms with van der Waals surface area (Å²) in [6.45, 7) is 0.498. The summed E-state index contributed by atoms with van der Waals surface area (Å²) in [5.74, 6) is 1.21. The maximum atomic E-state index is 11.3. The summed E-state index contributed by atoms with van der Waals surface area (Å²) in [6, 6.07) is 1.67. The molecule has 0 unspecified atom stereocenters. The normalized spacial score (nSPS) is 11.0. The Kier molecular flexibility index (Phi) is 2.44. The molecule has 0 aliphatic rings. The van der Waals surface area contributed by atoms with Crippen LogP contribution >= 0.6 is 0 Å². The minimum atomic E-state index is -0.314. The van der Waals surface area contributed by atoms with E-state index < -0.39 is 0 Å². The quantitative estimate of drug-likeness (QED) is 0.575. The predicted molar refractivity (Wildman–Crippen MR) is 68.6 cm³/mol. The Morgan fingerprint density at radius 1 is 1.53 bits per heavy atom. The number of anilines is 2. The molecule has 4 N–H and O–H groups in total. The van der Waals surface area contributed by atoms with Gasteiger partial charge in [-0.25, -0.2) is 19.3 Å². The molecule has 0 saturated heterocycles. The fourth-order valence-corrected chi connectivity index (χ4v) is 1.72. The second kappa shape index (κ2) is 4.12. The average molecular weight is 260 g/mol. The lowest BCUT2D eigenvalue weighted by molar-refractivity contribution is 0.778. The minimum Gasteiger partial charge on any atom is -0.384 e. The molecule has 9 nitrogen and oxygen atoms in total.